The second-order valence-corrected chi connectivity index (χ2v) is 5.76. The van der Waals surface area contributed by atoms with Gasteiger partial charge in [-0.25, -0.2) is 4.79 Å². The van der Waals surface area contributed by atoms with Crippen LogP contribution in [0.15, 0.2) is 52.9 Å². The van der Waals surface area contributed by atoms with Crippen molar-refractivity contribution in [1.82, 2.24) is 0 Å². The molecule has 0 aliphatic carbocycles. The topological polar surface area (TPSA) is 87.0 Å². The predicted octanol–water partition coefficient (Wildman–Crippen LogP) is 4.03. The Balaban J connectivity index is 1.71. The molecule has 28 heavy (non-hydrogen) atoms. The zero-order valence-corrected chi connectivity index (χ0v) is 15.7. The molecular formula is C21H21NO6. The number of anilines is 1. The molecule has 1 aromatic heterocycles. The lowest BCUT2D eigenvalue weighted by Crippen LogP contribution is -2.21. The summed E-state index contributed by atoms with van der Waals surface area (Å²) in [7, 11) is 0. The SMILES string of the molecule is CCOC(=O)c1oc2ccccc2c1NC(=O)COc1ccc(OCC)cc1. The van der Waals surface area contributed by atoms with E-state index in [1.807, 2.05) is 6.92 Å². The summed E-state index contributed by atoms with van der Waals surface area (Å²) in [4.78, 5) is 24.5. The fourth-order valence-corrected chi connectivity index (χ4v) is 2.63. The van der Waals surface area contributed by atoms with Crippen LogP contribution in [0.5, 0.6) is 11.5 Å². The molecule has 7 nitrogen and oxygen atoms in total. The van der Waals surface area contributed by atoms with Crippen LogP contribution in [0, 0.1) is 0 Å². The maximum Gasteiger partial charge on any atom is 0.376 e. The van der Waals surface area contributed by atoms with Crippen molar-refractivity contribution in [1.29, 1.82) is 0 Å². The van der Waals surface area contributed by atoms with Gasteiger partial charge in [-0.05, 0) is 50.2 Å². The Bertz CT molecular complexity index is 961. The number of carbonyl (C=O) groups excluding carboxylic acids is 2. The Hall–Kier alpha value is -3.48. The Morgan fingerprint density at radius 3 is 2.29 bits per heavy atom. The van der Waals surface area contributed by atoms with E-state index < -0.39 is 11.9 Å². The zero-order valence-electron chi connectivity index (χ0n) is 15.7. The van der Waals surface area contributed by atoms with E-state index in [0.717, 1.165) is 5.75 Å². The van der Waals surface area contributed by atoms with Gasteiger partial charge in [-0.3, -0.25) is 4.79 Å². The summed E-state index contributed by atoms with van der Waals surface area (Å²) in [6.07, 6.45) is 0. The Morgan fingerprint density at radius 1 is 0.929 bits per heavy atom. The number of amides is 1. The van der Waals surface area contributed by atoms with E-state index in [9.17, 15) is 9.59 Å². The van der Waals surface area contributed by atoms with Gasteiger partial charge in [0.15, 0.2) is 6.61 Å². The van der Waals surface area contributed by atoms with Gasteiger partial charge in [0.05, 0.1) is 13.2 Å². The fourth-order valence-electron chi connectivity index (χ4n) is 2.63. The summed E-state index contributed by atoms with van der Waals surface area (Å²) in [6.45, 7) is 4.15. The Labute approximate surface area is 162 Å². The molecule has 3 rings (SSSR count). The second kappa shape index (κ2) is 8.94. The third-order valence-corrected chi connectivity index (χ3v) is 3.83. The standard InChI is InChI=1S/C21H21NO6/c1-3-25-14-9-11-15(12-10-14)27-13-18(23)22-19-16-7-5-6-8-17(16)28-20(19)21(24)26-4-2/h5-12H,3-4,13H2,1-2H3,(H,22,23). The fraction of sp³-hybridized carbons (Fsp3) is 0.238. The van der Waals surface area contributed by atoms with Gasteiger partial charge < -0.3 is 23.9 Å². The van der Waals surface area contributed by atoms with Crippen LogP contribution in [0.2, 0.25) is 0 Å². The van der Waals surface area contributed by atoms with Crippen LogP contribution in [0.1, 0.15) is 24.4 Å². The summed E-state index contributed by atoms with van der Waals surface area (Å²) < 4.78 is 21.4. The van der Waals surface area contributed by atoms with Gasteiger partial charge in [0, 0.05) is 5.39 Å². The van der Waals surface area contributed by atoms with Crippen LogP contribution in [-0.4, -0.2) is 31.7 Å². The van der Waals surface area contributed by atoms with Gasteiger partial charge in [-0.1, -0.05) is 12.1 Å². The maximum atomic E-state index is 12.4. The molecule has 2 aromatic carbocycles. The number of fused-ring (bicyclic) bond motifs is 1. The number of hydrogen-bond acceptors (Lipinski definition) is 6. The number of ether oxygens (including phenoxy) is 3. The predicted molar refractivity (Wildman–Crippen MR) is 104 cm³/mol. The van der Waals surface area contributed by atoms with Crippen molar-refractivity contribution in [2.45, 2.75) is 13.8 Å². The third kappa shape index (κ3) is 4.43. The molecule has 0 radical (unpaired) electrons. The lowest BCUT2D eigenvalue weighted by Gasteiger charge is -2.09. The molecule has 1 amide bonds. The minimum atomic E-state index is -0.638. The highest BCUT2D eigenvalue weighted by molar-refractivity contribution is 6.09. The van der Waals surface area contributed by atoms with Gasteiger partial charge in [0.25, 0.3) is 5.91 Å². The van der Waals surface area contributed by atoms with Crippen molar-refractivity contribution in [2.75, 3.05) is 25.1 Å². The van der Waals surface area contributed by atoms with Crippen molar-refractivity contribution in [3.63, 3.8) is 0 Å². The second-order valence-electron chi connectivity index (χ2n) is 5.76. The number of furan rings is 1. The van der Waals surface area contributed by atoms with Crippen molar-refractivity contribution in [3.05, 3.63) is 54.3 Å². The van der Waals surface area contributed by atoms with E-state index >= 15 is 0 Å². The number of benzene rings is 2. The van der Waals surface area contributed by atoms with E-state index in [-0.39, 0.29) is 24.7 Å². The first-order valence-electron chi connectivity index (χ1n) is 8.96. The average molecular weight is 383 g/mol. The largest absolute Gasteiger partial charge is 0.494 e. The summed E-state index contributed by atoms with van der Waals surface area (Å²) in [6, 6.07) is 14.0. The lowest BCUT2D eigenvalue weighted by molar-refractivity contribution is -0.118. The minimum absolute atomic E-state index is 0.0440. The molecule has 0 fully saturated rings. The lowest BCUT2D eigenvalue weighted by atomic mass is 10.2. The number of carbonyl (C=O) groups is 2. The first-order valence-corrected chi connectivity index (χ1v) is 8.96. The number of nitrogens with one attached hydrogen (secondary N) is 1. The van der Waals surface area contributed by atoms with Crippen molar-refractivity contribution in [3.8, 4) is 11.5 Å². The molecule has 0 atom stereocenters. The first kappa shape index (κ1) is 19.3. The minimum Gasteiger partial charge on any atom is -0.494 e. The van der Waals surface area contributed by atoms with Crippen LogP contribution < -0.4 is 14.8 Å². The summed E-state index contributed by atoms with van der Waals surface area (Å²) in [5.41, 5.74) is 0.752. The highest BCUT2D eigenvalue weighted by Gasteiger charge is 2.23. The monoisotopic (exact) mass is 383 g/mol. The molecule has 1 N–H and O–H groups in total. The molecule has 3 aromatic rings. The summed E-state index contributed by atoms with van der Waals surface area (Å²) >= 11 is 0. The molecule has 0 spiro atoms. The van der Waals surface area contributed by atoms with Crippen LogP contribution in [0.25, 0.3) is 11.0 Å². The molecule has 0 saturated heterocycles. The number of para-hydroxylation sites is 1. The molecule has 0 aliphatic heterocycles. The first-order chi connectivity index (χ1) is 13.6. The summed E-state index contributed by atoms with van der Waals surface area (Å²) in [5, 5.41) is 3.30. The normalized spacial score (nSPS) is 10.5. The molecule has 0 saturated carbocycles. The molecule has 1 heterocycles. The number of rotatable bonds is 8. The van der Waals surface area contributed by atoms with Gasteiger partial charge in [0.1, 0.15) is 22.8 Å². The van der Waals surface area contributed by atoms with E-state index in [1.54, 1.807) is 55.5 Å². The third-order valence-electron chi connectivity index (χ3n) is 3.83. The quantitative estimate of drug-likeness (QED) is 0.591. The van der Waals surface area contributed by atoms with Crippen LogP contribution in [0.4, 0.5) is 5.69 Å². The van der Waals surface area contributed by atoms with Crippen LogP contribution in [0.3, 0.4) is 0 Å². The number of hydrogen-bond donors (Lipinski definition) is 1. The van der Waals surface area contributed by atoms with Gasteiger partial charge >= 0.3 is 5.97 Å². The van der Waals surface area contributed by atoms with Crippen molar-refractivity contribution < 1.29 is 28.2 Å². The van der Waals surface area contributed by atoms with Crippen LogP contribution in [-0.2, 0) is 9.53 Å². The highest BCUT2D eigenvalue weighted by atomic mass is 16.5. The van der Waals surface area contributed by atoms with Gasteiger partial charge in [-0.2, -0.15) is 0 Å². The molecule has 7 heteroatoms. The Kier molecular flexibility index (Phi) is 6.16. The molecule has 0 aliphatic rings. The highest BCUT2D eigenvalue weighted by Crippen LogP contribution is 2.31. The smallest absolute Gasteiger partial charge is 0.376 e. The maximum absolute atomic E-state index is 12.4. The van der Waals surface area contributed by atoms with Crippen molar-refractivity contribution >= 4 is 28.5 Å². The van der Waals surface area contributed by atoms with Crippen LogP contribution >= 0.6 is 0 Å². The zero-order chi connectivity index (χ0) is 19.9. The average Bonchev–Trinajstić information content (AvgIpc) is 3.06. The molecule has 0 unspecified atom stereocenters. The van der Waals surface area contributed by atoms with Crippen molar-refractivity contribution in [2.24, 2.45) is 0 Å². The number of esters is 1. The molecular weight excluding hydrogens is 362 g/mol. The van der Waals surface area contributed by atoms with E-state index in [2.05, 4.69) is 5.32 Å². The molecule has 0 bridgehead atoms. The Morgan fingerprint density at radius 2 is 1.61 bits per heavy atom. The van der Waals surface area contributed by atoms with Gasteiger partial charge in [0.2, 0.25) is 5.76 Å². The van der Waals surface area contributed by atoms with Gasteiger partial charge in [-0.15, -0.1) is 0 Å². The van der Waals surface area contributed by atoms with E-state index in [4.69, 9.17) is 18.6 Å². The van der Waals surface area contributed by atoms with E-state index in [1.165, 1.54) is 0 Å². The molecule has 146 valence electrons. The summed E-state index contributed by atoms with van der Waals surface area (Å²) in [5.74, 6) is 0.148. The van der Waals surface area contributed by atoms with E-state index in [0.29, 0.717) is 23.3 Å².